The van der Waals surface area contributed by atoms with E-state index in [1.807, 2.05) is 20.8 Å². The van der Waals surface area contributed by atoms with Crippen molar-refractivity contribution in [1.29, 1.82) is 0 Å². The van der Waals surface area contributed by atoms with Gasteiger partial charge >= 0.3 is 6.09 Å². The smallest absolute Gasteiger partial charge is 0.410 e. The fraction of sp³-hybridized carbons (Fsp3) is 0.720. The van der Waals surface area contributed by atoms with Crippen LogP contribution in [0.1, 0.15) is 51.5 Å². The predicted molar refractivity (Wildman–Crippen MR) is 122 cm³/mol. The monoisotopic (exact) mass is 464 g/mol. The number of carbonyl (C=O) groups excluding carboxylic acids is 1. The second-order valence-electron chi connectivity index (χ2n) is 10.5. The molecule has 8 heteroatoms. The molecule has 3 aliphatic heterocycles. The van der Waals surface area contributed by atoms with Crippen LogP contribution in [0.15, 0.2) is 18.2 Å². The largest absolute Gasteiger partial charge is 0.491 e. The Labute approximate surface area is 196 Å². The molecular formula is C25H37FN2O5. The third-order valence-corrected chi connectivity index (χ3v) is 6.80. The highest BCUT2D eigenvalue weighted by Crippen LogP contribution is 2.40. The summed E-state index contributed by atoms with van der Waals surface area (Å²) in [6.45, 7) is 10.4. The van der Waals surface area contributed by atoms with E-state index in [0.717, 1.165) is 43.7 Å². The van der Waals surface area contributed by atoms with Crippen LogP contribution in [-0.2, 0) is 14.2 Å². The lowest BCUT2D eigenvalue weighted by atomic mass is 9.86. The van der Waals surface area contributed by atoms with Gasteiger partial charge in [0, 0.05) is 18.7 Å². The topological polar surface area (TPSA) is 60.5 Å². The number of nitrogens with zero attached hydrogens (tertiary/aromatic N) is 2. The average Bonchev–Trinajstić information content (AvgIpc) is 3.19. The van der Waals surface area contributed by atoms with E-state index in [4.69, 9.17) is 18.9 Å². The molecule has 3 aliphatic rings. The van der Waals surface area contributed by atoms with E-state index in [0.29, 0.717) is 39.0 Å². The summed E-state index contributed by atoms with van der Waals surface area (Å²) in [5.41, 5.74) is 0.236. The number of hydrogen-bond donors (Lipinski definition) is 0. The molecule has 0 radical (unpaired) electrons. The van der Waals surface area contributed by atoms with E-state index >= 15 is 0 Å². The van der Waals surface area contributed by atoms with Crippen LogP contribution in [0.4, 0.5) is 9.18 Å². The first-order chi connectivity index (χ1) is 15.7. The molecule has 3 saturated heterocycles. The maximum Gasteiger partial charge on any atom is 0.410 e. The fourth-order valence-electron chi connectivity index (χ4n) is 5.16. The molecule has 0 aliphatic carbocycles. The van der Waals surface area contributed by atoms with Crippen molar-refractivity contribution in [3.8, 4) is 5.75 Å². The number of ether oxygens (including phenoxy) is 4. The van der Waals surface area contributed by atoms with Gasteiger partial charge in [-0.15, -0.1) is 0 Å². The van der Waals surface area contributed by atoms with Gasteiger partial charge in [0.15, 0.2) is 0 Å². The second kappa shape index (κ2) is 9.76. The highest BCUT2D eigenvalue weighted by molar-refractivity contribution is 5.69. The van der Waals surface area contributed by atoms with Gasteiger partial charge in [-0.3, -0.25) is 4.90 Å². The maximum absolute atomic E-state index is 14.0. The summed E-state index contributed by atoms with van der Waals surface area (Å²) in [7, 11) is 1.64. The van der Waals surface area contributed by atoms with Gasteiger partial charge in [0.05, 0.1) is 26.3 Å². The predicted octanol–water partition coefficient (Wildman–Crippen LogP) is 3.81. The van der Waals surface area contributed by atoms with E-state index in [-0.39, 0.29) is 23.4 Å². The maximum atomic E-state index is 14.0. The molecule has 0 N–H and O–H groups in total. The molecule has 0 unspecified atom stereocenters. The highest BCUT2D eigenvalue weighted by atomic mass is 19.1. The molecule has 1 amide bonds. The Kier molecular flexibility index (Phi) is 7.17. The first-order valence-corrected chi connectivity index (χ1v) is 12.0. The Balaban J connectivity index is 1.28. The van der Waals surface area contributed by atoms with Crippen molar-refractivity contribution in [2.24, 2.45) is 0 Å². The van der Waals surface area contributed by atoms with Gasteiger partial charge in [-0.2, -0.15) is 0 Å². The number of piperidine rings is 1. The fourth-order valence-corrected chi connectivity index (χ4v) is 5.16. The first-order valence-electron chi connectivity index (χ1n) is 12.0. The molecule has 7 nitrogen and oxygen atoms in total. The van der Waals surface area contributed by atoms with E-state index in [1.54, 1.807) is 24.1 Å². The van der Waals surface area contributed by atoms with E-state index in [9.17, 15) is 9.18 Å². The molecule has 0 aromatic heterocycles. The van der Waals surface area contributed by atoms with Crippen molar-refractivity contribution in [2.45, 2.75) is 63.2 Å². The number of amides is 1. The van der Waals surface area contributed by atoms with Gasteiger partial charge in [0.2, 0.25) is 0 Å². The number of carbonyl (C=O) groups is 1. The highest BCUT2D eigenvalue weighted by Gasteiger charge is 2.53. The Bertz CT molecular complexity index is 829. The summed E-state index contributed by atoms with van der Waals surface area (Å²) >= 11 is 0. The van der Waals surface area contributed by atoms with Crippen molar-refractivity contribution in [3.63, 3.8) is 0 Å². The van der Waals surface area contributed by atoms with Crippen molar-refractivity contribution in [3.05, 3.63) is 29.6 Å². The summed E-state index contributed by atoms with van der Waals surface area (Å²) in [5, 5.41) is 0. The SMILES string of the molecule is COCCOc1ccc(F)cc1C1CCN([C@@H]2COC3(C2)CN(C(=O)OC(C)(C)C)C3)CC1. The standard InChI is InChI=1S/C25H37FN2O5/c1-24(2,3)33-23(29)28-16-25(17-28)14-20(15-32-25)27-9-7-18(8-10-27)21-13-19(26)5-6-22(21)31-12-11-30-4/h5-6,13,18,20H,7-12,14-17H2,1-4H3/t20-/m0/s1. The van der Waals surface area contributed by atoms with Crippen LogP contribution in [0.5, 0.6) is 5.75 Å². The van der Waals surface area contributed by atoms with Crippen LogP contribution < -0.4 is 4.74 Å². The Morgan fingerprint density at radius 3 is 2.61 bits per heavy atom. The van der Waals surface area contributed by atoms with Crippen LogP contribution in [-0.4, -0.2) is 86.2 Å². The molecule has 4 rings (SSSR count). The zero-order valence-corrected chi connectivity index (χ0v) is 20.3. The Morgan fingerprint density at radius 2 is 1.94 bits per heavy atom. The third-order valence-electron chi connectivity index (χ3n) is 6.80. The molecule has 1 aromatic carbocycles. The van der Waals surface area contributed by atoms with Crippen LogP contribution in [0, 0.1) is 5.82 Å². The van der Waals surface area contributed by atoms with Gasteiger partial charge in [0.25, 0.3) is 0 Å². The van der Waals surface area contributed by atoms with Crippen molar-refractivity contribution in [1.82, 2.24) is 9.80 Å². The zero-order chi connectivity index (χ0) is 23.6. The summed E-state index contributed by atoms with van der Waals surface area (Å²) in [6, 6.07) is 5.16. The molecule has 0 bridgehead atoms. The minimum atomic E-state index is -0.487. The molecular weight excluding hydrogens is 427 g/mol. The zero-order valence-electron chi connectivity index (χ0n) is 20.3. The first kappa shape index (κ1) is 24.2. The lowest BCUT2D eigenvalue weighted by molar-refractivity contribution is -0.109. The number of hydrogen-bond acceptors (Lipinski definition) is 6. The number of benzene rings is 1. The summed E-state index contributed by atoms with van der Waals surface area (Å²) in [5.74, 6) is 0.807. The molecule has 3 heterocycles. The van der Waals surface area contributed by atoms with Gasteiger partial charge in [-0.05, 0) is 77.2 Å². The van der Waals surface area contributed by atoms with Crippen LogP contribution in [0.2, 0.25) is 0 Å². The van der Waals surface area contributed by atoms with Crippen molar-refractivity contribution in [2.75, 3.05) is 53.1 Å². The molecule has 3 fully saturated rings. The van der Waals surface area contributed by atoms with E-state index < -0.39 is 5.60 Å². The summed E-state index contributed by atoms with van der Waals surface area (Å²) in [6.07, 6.45) is 2.58. The van der Waals surface area contributed by atoms with Gasteiger partial charge in [-0.25, -0.2) is 9.18 Å². The average molecular weight is 465 g/mol. The molecule has 1 spiro atoms. The van der Waals surface area contributed by atoms with Gasteiger partial charge < -0.3 is 23.8 Å². The number of rotatable bonds is 6. The number of halogens is 1. The molecule has 1 aromatic rings. The van der Waals surface area contributed by atoms with Gasteiger partial charge in [0.1, 0.15) is 29.4 Å². The minimum Gasteiger partial charge on any atom is -0.491 e. The Morgan fingerprint density at radius 1 is 1.21 bits per heavy atom. The van der Waals surface area contributed by atoms with E-state index in [1.165, 1.54) is 6.07 Å². The molecule has 0 saturated carbocycles. The summed E-state index contributed by atoms with van der Waals surface area (Å²) in [4.78, 5) is 16.5. The molecule has 184 valence electrons. The van der Waals surface area contributed by atoms with Gasteiger partial charge in [-0.1, -0.05) is 0 Å². The lowest BCUT2D eigenvalue weighted by Crippen LogP contribution is -2.64. The van der Waals surface area contributed by atoms with Crippen LogP contribution >= 0.6 is 0 Å². The van der Waals surface area contributed by atoms with Crippen molar-refractivity contribution < 1.29 is 28.1 Å². The molecule has 33 heavy (non-hydrogen) atoms. The van der Waals surface area contributed by atoms with Crippen molar-refractivity contribution >= 4 is 6.09 Å². The second-order valence-corrected chi connectivity index (χ2v) is 10.5. The van der Waals surface area contributed by atoms with Crippen LogP contribution in [0.25, 0.3) is 0 Å². The number of likely N-dealkylation sites (tertiary alicyclic amines) is 2. The molecule has 1 atom stereocenters. The quantitative estimate of drug-likeness (QED) is 0.597. The third kappa shape index (κ3) is 5.78. The van der Waals surface area contributed by atoms with E-state index in [2.05, 4.69) is 4.90 Å². The number of methoxy groups -OCH3 is 1. The Hall–Kier alpha value is -1.90. The lowest BCUT2D eigenvalue weighted by Gasteiger charge is -2.47. The van der Waals surface area contributed by atoms with Crippen LogP contribution in [0.3, 0.4) is 0 Å². The summed E-state index contributed by atoms with van der Waals surface area (Å²) < 4.78 is 36.6. The normalized spacial score (nSPS) is 23.5. The minimum absolute atomic E-state index is 0.225.